The zero-order valence-corrected chi connectivity index (χ0v) is 42.8. The van der Waals surface area contributed by atoms with Crippen LogP contribution in [0.2, 0.25) is 0 Å². The van der Waals surface area contributed by atoms with E-state index in [0.717, 1.165) is 50.1 Å². The summed E-state index contributed by atoms with van der Waals surface area (Å²) in [4.78, 5) is 2.64. The molecule has 360 valence electrons. The second kappa shape index (κ2) is 15.8. The van der Waals surface area contributed by atoms with Gasteiger partial charge in [0.05, 0.1) is 32.6 Å². The molecule has 16 aromatic rings. The van der Waals surface area contributed by atoms with Crippen molar-refractivity contribution >= 4 is 137 Å². The summed E-state index contributed by atoms with van der Waals surface area (Å²) in [5.41, 5.74) is 23.1. The van der Waals surface area contributed by atoms with Crippen molar-refractivity contribution < 1.29 is 4.42 Å². The zero-order chi connectivity index (χ0) is 50.7. The number of hydrogen-bond acceptors (Lipinski definition) is 3. The lowest BCUT2D eigenvalue weighted by Crippen LogP contribution is -2.61. The molecule has 2 aliphatic heterocycles. The summed E-state index contributed by atoms with van der Waals surface area (Å²) in [6.07, 6.45) is 0. The fourth-order valence-electron chi connectivity index (χ4n) is 13.9. The number of benzene rings is 12. The maximum atomic E-state index is 7.31. The van der Waals surface area contributed by atoms with Crippen LogP contribution in [0, 0.1) is 0 Å². The van der Waals surface area contributed by atoms with Crippen LogP contribution in [0.3, 0.4) is 0 Å². The van der Waals surface area contributed by atoms with Crippen molar-refractivity contribution in [1.29, 1.82) is 0 Å². The minimum Gasteiger partial charge on any atom is -0.454 e. The molecule has 0 unspecified atom stereocenters. The SMILES string of the molecule is c1ccc(-c2ccc3c4ccc(-c5ccccc5)c5c4n(c3c2)-c2cc3c(sc4ccccc43)c3c2B5c2cc(-n4c5ccccc5c5ccccc54)ccc2N3c2c(-c3ccccc3)ccc3c2oc2ccccc23)cc1. The zero-order valence-electron chi connectivity index (χ0n) is 42.0. The van der Waals surface area contributed by atoms with Gasteiger partial charge in [-0.25, -0.2) is 0 Å². The summed E-state index contributed by atoms with van der Waals surface area (Å²) in [7, 11) is 0. The Kier molecular flexibility index (Phi) is 8.60. The number of hydrogen-bond donors (Lipinski definition) is 0. The molecule has 0 saturated heterocycles. The number of fused-ring (bicyclic) bond motifs is 17. The van der Waals surface area contributed by atoms with Gasteiger partial charge in [-0.1, -0.05) is 194 Å². The van der Waals surface area contributed by atoms with E-state index in [1.165, 1.54) is 114 Å². The van der Waals surface area contributed by atoms with E-state index in [0.29, 0.717) is 0 Å². The number of aromatic nitrogens is 2. The van der Waals surface area contributed by atoms with E-state index in [4.69, 9.17) is 4.42 Å². The summed E-state index contributed by atoms with van der Waals surface area (Å²) in [5.74, 6) is 0. The number of anilines is 3. The molecule has 78 heavy (non-hydrogen) atoms. The minimum absolute atomic E-state index is 0.191. The molecule has 0 fully saturated rings. The number of furan rings is 1. The summed E-state index contributed by atoms with van der Waals surface area (Å²) in [5, 5.41) is 9.66. The first-order valence-electron chi connectivity index (χ1n) is 26.9. The van der Waals surface area contributed by atoms with Crippen LogP contribution >= 0.6 is 11.3 Å². The van der Waals surface area contributed by atoms with Crippen molar-refractivity contribution in [2.24, 2.45) is 0 Å². The highest BCUT2D eigenvalue weighted by Gasteiger charge is 2.46. The van der Waals surface area contributed by atoms with Crippen molar-refractivity contribution in [3.05, 3.63) is 255 Å². The van der Waals surface area contributed by atoms with E-state index in [2.05, 4.69) is 269 Å². The molecule has 6 heteroatoms. The minimum atomic E-state index is -0.191. The monoisotopic (exact) mass is 1010 g/mol. The molecule has 2 aliphatic rings. The van der Waals surface area contributed by atoms with Crippen molar-refractivity contribution in [2.45, 2.75) is 0 Å². The highest BCUT2D eigenvalue weighted by Crippen LogP contribution is 2.54. The average Bonchev–Trinajstić information content (AvgIpc) is 3.21. The van der Waals surface area contributed by atoms with Gasteiger partial charge in [-0.05, 0) is 105 Å². The molecule has 0 N–H and O–H groups in total. The number of nitrogens with zero attached hydrogens (tertiary/aromatic N) is 3. The van der Waals surface area contributed by atoms with Crippen LogP contribution in [-0.2, 0) is 0 Å². The molecular formula is C72H42BN3OS. The predicted molar refractivity (Wildman–Crippen MR) is 331 cm³/mol. The van der Waals surface area contributed by atoms with Crippen LogP contribution in [0.5, 0.6) is 0 Å². The molecule has 0 spiro atoms. The van der Waals surface area contributed by atoms with Crippen molar-refractivity contribution in [2.75, 3.05) is 4.90 Å². The van der Waals surface area contributed by atoms with Crippen LogP contribution in [0.1, 0.15) is 0 Å². The summed E-state index contributed by atoms with van der Waals surface area (Å²) < 4.78 is 15.0. The Balaban J connectivity index is 1.07. The molecule has 4 aromatic heterocycles. The molecule has 0 aliphatic carbocycles. The van der Waals surface area contributed by atoms with Crippen LogP contribution in [0.25, 0.3) is 130 Å². The van der Waals surface area contributed by atoms with Crippen LogP contribution in [-0.4, -0.2) is 15.8 Å². The Morgan fingerprint density at radius 3 is 1.72 bits per heavy atom. The van der Waals surface area contributed by atoms with Gasteiger partial charge in [-0.15, -0.1) is 11.3 Å². The van der Waals surface area contributed by atoms with Gasteiger partial charge in [0.15, 0.2) is 5.58 Å². The Hall–Kier alpha value is -9.88. The van der Waals surface area contributed by atoms with E-state index < -0.39 is 0 Å². The molecule has 0 bridgehead atoms. The fourth-order valence-corrected chi connectivity index (χ4v) is 15.1. The van der Waals surface area contributed by atoms with Gasteiger partial charge in [0.25, 0.3) is 6.71 Å². The Morgan fingerprint density at radius 2 is 0.962 bits per heavy atom. The van der Waals surface area contributed by atoms with Gasteiger partial charge >= 0.3 is 0 Å². The molecule has 0 amide bonds. The first-order chi connectivity index (χ1) is 38.7. The quantitative estimate of drug-likeness (QED) is 0.161. The maximum absolute atomic E-state index is 7.31. The summed E-state index contributed by atoms with van der Waals surface area (Å²) in [6.45, 7) is -0.191. The topological polar surface area (TPSA) is 26.2 Å². The Labute approximate surface area is 452 Å². The third-order valence-electron chi connectivity index (χ3n) is 17.1. The lowest BCUT2D eigenvalue weighted by atomic mass is 9.33. The van der Waals surface area contributed by atoms with Crippen molar-refractivity contribution in [3.8, 4) is 44.8 Å². The van der Waals surface area contributed by atoms with E-state index in [1.807, 2.05) is 11.3 Å². The smallest absolute Gasteiger partial charge is 0.253 e. The number of para-hydroxylation sites is 3. The first-order valence-corrected chi connectivity index (χ1v) is 27.7. The molecule has 18 rings (SSSR count). The van der Waals surface area contributed by atoms with Crippen LogP contribution < -0.4 is 21.3 Å². The molecule has 0 saturated carbocycles. The molecule has 6 heterocycles. The third-order valence-corrected chi connectivity index (χ3v) is 18.3. The van der Waals surface area contributed by atoms with Gasteiger partial charge < -0.3 is 18.5 Å². The van der Waals surface area contributed by atoms with E-state index in [1.54, 1.807) is 0 Å². The third kappa shape index (κ3) is 5.68. The normalized spacial score (nSPS) is 12.8. The first kappa shape index (κ1) is 42.4. The standard InChI is InChI=1S/C72H42BN3OS/c1-4-18-43(19-5-1)46-32-34-52-55-37-35-48(44-20-6-2-7-21-44)66-68(55)75(62(52)40-46)63-42-57-54-27-13-17-31-65(54)78-72(57)70-67(63)73(66)58-41-47(74-59-28-14-10-24-50(59)51-25-11-15-29-60(51)74)33-39-61(58)76(70)69-49(45-22-8-3-9-23-45)36-38-56-53-26-12-16-30-64(53)77-71(56)69/h1-42H. The second-order valence-electron chi connectivity index (χ2n) is 21.0. The summed E-state index contributed by atoms with van der Waals surface area (Å²) >= 11 is 1.90. The van der Waals surface area contributed by atoms with Crippen molar-refractivity contribution in [3.63, 3.8) is 0 Å². The molecular weight excluding hydrogens is 966 g/mol. The molecule has 4 nitrogen and oxygen atoms in total. The summed E-state index contributed by atoms with van der Waals surface area (Å²) in [6, 6.07) is 94.6. The highest BCUT2D eigenvalue weighted by molar-refractivity contribution is 7.26. The molecule has 12 aromatic carbocycles. The average molecular weight is 1010 g/mol. The second-order valence-corrected chi connectivity index (χ2v) is 22.1. The lowest BCUT2D eigenvalue weighted by molar-refractivity contribution is 0.669. The van der Waals surface area contributed by atoms with Crippen LogP contribution in [0.15, 0.2) is 259 Å². The fraction of sp³-hybridized carbons (Fsp3) is 0. The lowest BCUT2D eigenvalue weighted by Gasteiger charge is -2.42. The van der Waals surface area contributed by atoms with E-state index in [9.17, 15) is 0 Å². The van der Waals surface area contributed by atoms with Crippen molar-refractivity contribution in [1.82, 2.24) is 9.13 Å². The Bertz CT molecular complexity index is 5170. The number of thiophene rings is 1. The van der Waals surface area contributed by atoms with Gasteiger partial charge in [-0.3, -0.25) is 0 Å². The largest absolute Gasteiger partial charge is 0.454 e. The van der Waals surface area contributed by atoms with Gasteiger partial charge in [-0.2, -0.15) is 0 Å². The van der Waals surface area contributed by atoms with E-state index >= 15 is 0 Å². The Morgan fingerprint density at radius 1 is 0.359 bits per heavy atom. The number of rotatable bonds is 5. The highest BCUT2D eigenvalue weighted by atomic mass is 32.1. The maximum Gasteiger partial charge on any atom is 0.253 e. The van der Waals surface area contributed by atoms with Gasteiger partial charge in [0.1, 0.15) is 5.58 Å². The van der Waals surface area contributed by atoms with Crippen LogP contribution in [0.4, 0.5) is 17.1 Å². The van der Waals surface area contributed by atoms with E-state index in [-0.39, 0.29) is 6.71 Å². The molecule has 0 radical (unpaired) electrons. The molecule has 0 atom stereocenters. The predicted octanol–water partition coefficient (Wildman–Crippen LogP) is 17.8. The van der Waals surface area contributed by atoms with Gasteiger partial charge in [0.2, 0.25) is 0 Å². The van der Waals surface area contributed by atoms with Gasteiger partial charge in [0, 0.05) is 75.9 Å².